The van der Waals surface area contributed by atoms with Crippen LogP contribution in [-0.2, 0) is 11.3 Å². The maximum absolute atomic E-state index is 11.5. The Morgan fingerprint density at radius 3 is 2.80 bits per heavy atom. The van der Waals surface area contributed by atoms with E-state index in [0.29, 0.717) is 25.1 Å². The Morgan fingerprint density at radius 2 is 2.20 bits per heavy atom. The summed E-state index contributed by atoms with van der Waals surface area (Å²) in [6, 6.07) is 2.38. The van der Waals surface area contributed by atoms with Crippen molar-refractivity contribution in [3.8, 4) is 0 Å². The summed E-state index contributed by atoms with van der Waals surface area (Å²) in [5.74, 6) is -0.978. The van der Waals surface area contributed by atoms with Gasteiger partial charge in [0, 0.05) is 19.0 Å². The molecule has 1 aromatic heterocycles. The molecule has 1 aromatic rings. The zero-order valence-electron chi connectivity index (χ0n) is 10.6. The molecular formula is C12H15N3O5. The average molecular weight is 281 g/mol. The van der Waals surface area contributed by atoms with E-state index < -0.39 is 12.0 Å². The Bertz CT molecular complexity index is 525. The second-order valence-corrected chi connectivity index (χ2v) is 4.44. The number of aromatic carboxylic acids is 1. The van der Waals surface area contributed by atoms with Gasteiger partial charge in [-0.1, -0.05) is 0 Å². The van der Waals surface area contributed by atoms with E-state index in [-0.39, 0.29) is 24.3 Å². The fraction of sp³-hybridized carbons (Fsp3) is 0.417. The van der Waals surface area contributed by atoms with Gasteiger partial charge in [-0.05, 0) is 18.6 Å². The van der Waals surface area contributed by atoms with Gasteiger partial charge < -0.3 is 25.5 Å². The molecular weight excluding hydrogens is 266 g/mol. The fourth-order valence-electron chi connectivity index (χ4n) is 1.86. The van der Waals surface area contributed by atoms with Crippen molar-refractivity contribution in [2.75, 3.05) is 6.54 Å². The van der Waals surface area contributed by atoms with Crippen LogP contribution in [0.2, 0.25) is 0 Å². The molecule has 108 valence electrons. The summed E-state index contributed by atoms with van der Waals surface area (Å²) in [6.45, 7) is 0.451. The summed E-state index contributed by atoms with van der Waals surface area (Å²) in [6.07, 6.45) is 1.19. The number of hydrogen-bond donors (Lipinski definition) is 4. The molecule has 1 aliphatic heterocycles. The molecule has 0 bridgehead atoms. The van der Waals surface area contributed by atoms with E-state index in [4.69, 9.17) is 9.52 Å². The molecule has 1 atom stereocenters. The largest absolute Gasteiger partial charge is 0.475 e. The maximum Gasteiger partial charge on any atom is 0.371 e. The summed E-state index contributed by atoms with van der Waals surface area (Å²) in [5.41, 5.74) is 0. The number of furan rings is 1. The summed E-state index contributed by atoms with van der Waals surface area (Å²) < 4.78 is 4.99. The van der Waals surface area contributed by atoms with Crippen molar-refractivity contribution >= 4 is 17.9 Å². The van der Waals surface area contributed by atoms with Gasteiger partial charge in [-0.3, -0.25) is 4.79 Å². The number of carbonyl (C=O) groups is 3. The number of hydrogen-bond acceptors (Lipinski definition) is 4. The molecule has 2 rings (SSSR count). The molecule has 0 saturated carbocycles. The van der Waals surface area contributed by atoms with Gasteiger partial charge >= 0.3 is 12.0 Å². The van der Waals surface area contributed by atoms with Gasteiger partial charge in [-0.25, -0.2) is 9.59 Å². The van der Waals surface area contributed by atoms with Crippen LogP contribution in [0.25, 0.3) is 0 Å². The fourth-order valence-corrected chi connectivity index (χ4v) is 1.86. The second kappa shape index (κ2) is 6.09. The smallest absolute Gasteiger partial charge is 0.371 e. The first-order valence-corrected chi connectivity index (χ1v) is 6.17. The number of urea groups is 1. The molecule has 1 unspecified atom stereocenters. The van der Waals surface area contributed by atoms with Crippen LogP contribution >= 0.6 is 0 Å². The molecule has 0 aliphatic carbocycles. The summed E-state index contributed by atoms with van der Waals surface area (Å²) in [7, 11) is 0. The summed E-state index contributed by atoms with van der Waals surface area (Å²) in [5, 5.41) is 16.6. The van der Waals surface area contributed by atoms with Crippen LogP contribution in [0, 0.1) is 0 Å². The monoisotopic (exact) mass is 281 g/mol. The molecule has 3 amide bonds. The second-order valence-electron chi connectivity index (χ2n) is 4.44. The normalized spacial score (nSPS) is 17.6. The van der Waals surface area contributed by atoms with Crippen LogP contribution in [0.4, 0.5) is 4.79 Å². The highest BCUT2D eigenvalue weighted by Gasteiger charge is 2.20. The number of rotatable bonds is 5. The molecule has 1 fully saturated rings. The van der Waals surface area contributed by atoms with Crippen molar-refractivity contribution in [2.45, 2.75) is 25.4 Å². The van der Waals surface area contributed by atoms with Crippen LogP contribution in [0.1, 0.15) is 29.2 Å². The van der Waals surface area contributed by atoms with Gasteiger partial charge in [0.15, 0.2) is 0 Å². The molecule has 1 saturated heterocycles. The van der Waals surface area contributed by atoms with Crippen LogP contribution in [0.15, 0.2) is 16.5 Å². The van der Waals surface area contributed by atoms with Crippen LogP contribution in [0.3, 0.4) is 0 Å². The van der Waals surface area contributed by atoms with E-state index in [1.807, 2.05) is 0 Å². The Labute approximate surface area is 114 Å². The third-order valence-electron chi connectivity index (χ3n) is 2.89. The topological polar surface area (TPSA) is 121 Å². The van der Waals surface area contributed by atoms with Gasteiger partial charge in [0.2, 0.25) is 11.7 Å². The standard InChI is InChI=1S/C12H15N3O5/c16-10-4-1-7(15-10)5-13-12(19)14-6-8-2-3-9(20-8)11(17)18/h2-3,7H,1,4-6H2,(H,15,16)(H,17,18)(H2,13,14,19). The molecule has 0 radical (unpaired) electrons. The number of carboxylic acids is 1. The first-order chi connectivity index (χ1) is 9.54. The van der Waals surface area contributed by atoms with Crippen LogP contribution in [0.5, 0.6) is 0 Å². The van der Waals surface area contributed by atoms with Crippen molar-refractivity contribution in [3.05, 3.63) is 23.7 Å². The Hall–Kier alpha value is -2.51. The molecule has 20 heavy (non-hydrogen) atoms. The lowest BCUT2D eigenvalue weighted by Crippen LogP contribution is -2.42. The van der Waals surface area contributed by atoms with E-state index in [9.17, 15) is 14.4 Å². The van der Waals surface area contributed by atoms with Crippen molar-refractivity contribution in [1.82, 2.24) is 16.0 Å². The third-order valence-corrected chi connectivity index (χ3v) is 2.89. The van der Waals surface area contributed by atoms with E-state index in [1.54, 1.807) is 0 Å². The zero-order chi connectivity index (χ0) is 14.5. The lowest BCUT2D eigenvalue weighted by molar-refractivity contribution is -0.119. The quantitative estimate of drug-likeness (QED) is 0.608. The highest BCUT2D eigenvalue weighted by molar-refractivity contribution is 5.84. The van der Waals surface area contributed by atoms with Gasteiger partial charge in [0.25, 0.3) is 0 Å². The molecule has 8 heteroatoms. The van der Waals surface area contributed by atoms with Crippen LogP contribution in [-0.4, -0.2) is 35.6 Å². The van der Waals surface area contributed by atoms with E-state index >= 15 is 0 Å². The highest BCUT2D eigenvalue weighted by Crippen LogP contribution is 2.07. The SMILES string of the molecule is O=C1CCC(CNC(=O)NCc2ccc(C(=O)O)o2)N1. The molecule has 0 aromatic carbocycles. The van der Waals surface area contributed by atoms with Crippen molar-refractivity contribution < 1.29 is 23.9 Å². The average Bonchev–Trinajstić information content (AvgIpc) is 3.03. The number of carbonyl (C=O) groups excluding carboxylic acids is 2. The first kappa shape index (κ1) is 13.9. The van der Waals surface area contributed by atoms with Gasteiger partial charge in [-0.15, -0.1) is 0 Å². The predicted octanol–water partition coefficient (Wildman–Crippen LogP) is 0.0556. The predicted molar refractivity (Wildman–Crippen MR) is 67.1 cm³/mol. The molecule has 0 spiro atoms. The molecule has 4 N–H and O–H groups in total. The van der Waals surface area contributed by atoms with Crippen molar-refractivity contribution in [1.29, 1.82) is 0 Å². The molecule has 8 nitrogen and oxygen atoms in total. The Balaban J connectivity index is 1.69. The van der Waals surface area contributed by atoms with Gasteiger partial charge in [0.1, 0.15) is 5.76 Å². The van der Waals surface area contributed by atoms with Gasteiger partial charge in [0.05, 0.1) is 6.54 Å². The molecule has 1 aliphatic rings. The van der Waals surface area contributed by atoms with Crippen molar-refractivity contribution in [3.63, 3.8) is 0 Å². The lowest BCUT2D eigenvalue weighted by atomic mass is 10.2. The van der Waals surface area contributed by atoms with E-state index in [0.717, 1.165) is 0 Å². The summed E-state index contributed by atoms with van der Waals surface area (Å²) >= 11 is 0. The lowest BCUT2D eigenvalue weighted by Gasteiger charge is -2.11. The third kappa shape index (κ3) is 3.74. The number of nitrogens with one attached hydrogen (secondary N) is 3. The highest BCUT2D eigenvalue weighted by atomic mass is 16.4. The Morgan fingerprint density at radius 1 is 1.40 bits per heavy atom. The van der Waals surface area contributed by atoms with Gasteiger partial charge in [-0.2, -0.15) is 0 Å². The maximum atomic E-state index is 11.5. The Kier molecular flexibility index (Phi) is 4.24. The van der Waals surface area contributed by atoms with Crippen molar-refractivity contribution in [2.24, 2.45) is 0 Å². The minimum atomic E-state index is -1.15. The minimum Gasteiger partial charge on any atom is -0.475 e. The number of amides is 3. The minimum absolute atomic E-state index is 0.00556. The van der Waals surface area contributed by atoms with Crippen LogP contribution < -0.4 is 16.0 Å². The van der Waals surface area contributed by atoms with E-state index in [1.165, 1.54) is 12.1 Å². The van der Waals surface area contributed by atoms with E-state index in [2.05, 4.69) is 16.0 Å². The zero-order valence-corrected chi connectivity index (χ0v) is 10.6. The molecule has 2 heterocycles. The first-order valence-electron chi connectivity index (χ1n) is 6.17. The number of carboxylic acid groups (broad SMARTS) is 1. The summed E-state index contributed by atoms with van der Waals surface area (Å²) in [4.78, 5) is 33.1.